The van der Waals surface area contributed by atoms with Gasteiger partial charge in [-0.3, -0.25) is 0 Å². The number of ether oxygens (including phenoxy) is 1. The fraction of sp³-hybridized carbons (Fsp3) is 1.00. The lowest BCUT2D eigenvalue weighted by Crippen LogP contribution is -2.52. The van der Waals surface area contributed by atoms with Crippen LogP contribution in [0.2, 0.25) is 0 Å². The van der Waals surface area contributed by atoms with Crippen LogP contribution in [0.1, 0.15) is 51.9 Å². The fourth-order valence-corrected chi connectivity index (χ4v) is 2.90. The van der Waals surface area contributed by atoms with Gasteiger partial charge < -0.3 is 10.5 Å². The molecule has 2 rings (SSSR count). The van der Waals surface area contributed by atoms with Gasteiger partial charge in [-0.25, -0.2) is 0 Å². The third-order valence-corrected chi connectivity index (χ3v) is 3.87. The number of hydrogen-bond acceptors (Lipinski definition) is 2. The summed E-state index contributed by atoms with van der Waals surface area (Å²) < 4.78 is 6.01. The van der Waals surface area contributed by atoms with Crippen molar-refractivity contribution in [1.29, 1.82) is 0 Å². The molecular weight excluding hydrogens is 174 g/mol. The van der Waals surface area contributed by atoms with Crippen molar-refractivity contribution in [2.45, 2.75) is 63.5 Å². The molecule has 0 spiro atoms. The van der Waals surface area contributed by atoms with Crippen LogP contribution in [0.4, 0.5) is 0 Å². The van der Waals surface area contributed by atoms with E-state index >= 15 is 0 Å². The molecule has 1 atom stereocenters. The normalized spacial score (nSPS) is 28.7. The summed E-state index contributed by atoms with van der Waals surface area (Å²) in [6.45, 7) is 2.91. The molecule has 2 saturated carbocycles. The lowest BCUT2D eigenvalue weighted by atomic mass is 9.77. The van der Waals surface area contributed by atoms with Gasteiger partial charge in [0.15, 0.2) is 0 Å². The van der Waals surface area contributed by atoms with Gasteiger partial charge in [0, 0.05) is 12.6 Å². The third-order valence-electron chi connectivity index (χ3n) is 3.87. The van der Waals surface area contributed by atoms with E-state index in [4.69, 9.17) is 10.5 Å². The van der Waals surface area contributed by atoms with Crippen LogP contribution in [0, 0.1) is 5.92 Å². The number of nitrogens with two attached hydrogens (primary N) is 1. The Kier molecular flexibility index (Phi) is 3.13. The smallest absolute Gasteiger partial charge is 0.0835 e. The van der Waals surface area contributed by atoms with Gasteiger partial charge in [-0.05, 0) is 38.5 Å². The maximum absolute atomic E-state index is 6.35. The Morgan fingerprint density at radius 3 is 2.43 bits per heavy atom. The lowest BCUT2D eigenvalue weighted by Gasteiger charge is -2.42. The molecule has 0 aliphatic heterocycles. The van der Waals surface area contributed by atoms with Crippen LogP contribution in [-0.2, 0) is 4.74 Å². The first-order chi connectivity index (χ1) is 6.78. The summed E-state index contributed by atoms with van der Waals surface area (Å²) in [4.78, 5) is 0. The second kappa shape index (κ2) is 4.19. The van der Waals surface area contributed by atoms with E-state index in [1.165, 1.54) is 44.9 Å². The van der Waals surface area contributed by atoms with E-state index in [-0.39, 0.29) is 5.60 Å². The predicted molar refractivity (Wildman–Crippen MR) is 58.1 cm³/mol. The molecule has 0 aromatic carbocycles. The second-order valence-corrected chi connectivity index (χ2v) is 4.92. The molecule has 2 fully saturated rings. The van der Waals surface area contributed by atoms with Crippen molar-refractivity contribution in [2.75, 3.05) is 6.61 Å². The SMILES string of the molecule is CCOC1(C(N)C2CC2)CCCCC1. The van der Waals surface area contributed by atoms with Crippen molar-refractivity contribution in [3.63, 3.8) is 0 Å². The topological polar surface area (TPSA) is 35.2 Å². The van der Waals surface area contributed by atoms with E-state index < -0.39 is 0 Å². The average Bonchev–Trinajstić information content (AvgIpc) is 3.02. The molecule has 1 unspecified atom stereocenters. The Morgan fingerprint density at radius 1 is 1.29 bits per heavy atom. The Hall–Kier alpha value is -0.0800. The zero-order valence-corrected chi connectivity index (χ0v) is 9.30. The molecule has 2 N–H and O–H groups in total. The Morgan fingerprint density at radius 2 is 1.93 bits per heavy atom. The standard InChI is InChI=1S/C12H23NO/c1-2-14-12(8-4-3-5-9-12)11(13)10-6-7-10/h10-11H,2-9,13H2,1H3. The summed E-state index contributed by atoms with van der Waals surface area (Å²) in [5.74, 6) is 0.764. The maximum Gasteiger partial charge on any atom is 0.0835 e. The lowest BCUT2D eigenvalue weighted by molar-refractivity contribution is -0.0861. The fourth-order valence-electron chi connectivity index (χ4n) is 2.90. The molecule has 0 bridgehead atoms. The molecule has 0 saturated heterocycles. The molecule has 0 amide bonds. The summed E-state index contributed by atoms with van der Waals surface area (Å²) in [6, 6.07) is 0.308. The number of rotatable bonds is 4. The van der Waals surface area contributed by atoms with Gasteiger partial charge in [0.05, 0.1) is 5.60 Å². The molecule has 2 nitrogen and oxygen atoms in total. The molecule has 2 aliphatic carbocycles. The maximum atomic E-state index is 6.35. The quantitative estimate of drug-likeness (QED) is 0.751. The van der Waals surface area contributed by atoms with E-state index in [1.807, 2.05) is 0 Å². The van der Waals surface area contributed by atoms with Crippen molar-refractivity contribution < 1.29 is 4.74 Å². The minimum absolute atomic E-state index is 0.0498. The highest BCUT2D eigenvalue weighted by Gasteiger charge is 2.45. The van der Waals surface area contributed by atoms with Crippen LogP contribution in [0.5, 0.6) is 0 Å². The highest BCUT2D eigenvalue weighted by molar-refractivity contribution is 5.01. The predicted octanol–water partition coefficient (Wildman–Crippen LogP) is 2.46. The first-order valence-corrected chi connectivity index (χ1v) is 6.18. The van der Waals surface area contributed by atoms with Gasteiger partial charge in [0.1, 0.15) is 0 Å². The number of hydrogen-bond donors (Lipinski definition) is 1. The van der Waals surface area contributed by atoms with E-state index in [1.54, 1.807) is 0 Å². The Bertz CT molecular complexity index is 177. The Balaban J connectivity index is 2.02. The molecular formula is C12H23NO. The highest BCUT2D eigenvalue weighted by atomic mass is 16.5. The Labute approximate surface area is 87.2 Å². The van der Waals surface area contributed by atoms with E-state index in [9.17, 15) is 0 Å². The van der Waals surface area contributed by atoms with Gasteiger partial charge in [-0.1, -0.05) is 19.3 Å². The van der Waals surface area contributed by atoms with Gasteiger partial charge in [-0.15, -0.1) is 0 Å². The van der Waals surface area contributed by atoms with Crippen LogP contribution in [0.15, 0.2) is 0 Å². The summed E-state index contributed by atoms with van der Waals surface area (Å²) in [6.07, 6.45) is 9.02. The molecule has 0 aromatic heterocycles. The molecule has 0 radical (unpaired) electrons. The van der Waals surface area contributed by atoms with E-state index in [0.717, 1.165) is 12.5 Å². The third kappa shape index (κ3) is 1.96. The average molecular weight is 197 g/mol. The van der Waals surface area contributed by atoms with Crippen molar-refractivity contribution in [3.05, 3.63) is 0 Å². The molecule has 2 heteroatoms. The monoisotopic (exact) mass is 197 g/mol. The largest absolute Gasteiger partial charge is 0.374 e. The van der Waals surface area contributed by atoms with Crippen molar-refractivity contribution >= 4 is 0 Å². The van der Waals surface area contributed by atoms with Gasteiger partial charge in [0.25, 0.3) is 0 Å². The first-order valence-electron chi connectivity index (χ1n) is 6.18. The molecule has 0 heterocycles. The van der Waals surface area contributed by atoms with Crippen molar-refractivity contribution in [2.24, 2.45) is 11.7 Å². The van der Waals surface area contributed by atoms with Gasteiger partial charge in [-0.2, -0.15) is 0 Å². The van der Waals surface area contributed by atoms with E-state index in [0.29, 0.717) is 6.04 Å². The molecule has 2 aliphatic rings. The molecule has 0 aromatic rings. The van der Waals surface area contributed by atoms with Crippen molar-refractivity contribution in [3.8, 4) is 0 Å². The van der Waals surface area contributed by atoms with Crippen LogP contribution in [0.3, 0.4) is 0 Å². The zero-order chi connectivity index (χ0) is 10.0. The summed E-state index contributed by atoms with van der Waals surface area (Å²) in [7, 11) is 0. The van der Waals surface area contributed by atoms with Gasteiger partial charge in [0.2, 0.25) is 0 Å². The second-order valence-electron chi connectivity index (χ2n) is 4.92. The highest BCUT2D eigenvalue weighted by Crippen LogP contribution is 2.43. The van der Waals surface area contributed by atoms with Gasteiger partial charge >= 0.3 is 0 Å². The molecule has 14 heavy (non-hydrogen) atoms. The van der Waals surface area contributed by atoms with Crippen LogP contribution >= 0.6 is 0 Å². The zero-order valence-electron chi connectivity index (χ0n) is 9.30. The van der Waals surface area contributed by atoms with Crippen molar-refractivity contribution in [1.82, 2.24) is 0 Å². The van der Waals surface area contributed by atoms with Crippen LogP contribution in [0.25, 0.3) is 0 Å². The van der Waals surface area contributed by atoms with Crippen LogP contribution in [-0.4, -0.2) is 18.2 Å². The minimum Gasteiger partial charge on any atom is -0.374 e. The van der Waals surface area contributed by atoms with E-state index in [2.05, 4.69) is 6.92 Å². The summed E-state index contributed by atoms with van der Waals surface area (Å²) in [5, 5.41) is 0. The minimum atomic E-state index is 0.0498. The first kappa shape index (κ1) is 10.4. The molecule has 82 valence electrons. The summed E-state index contributed by atoms with van der Waals surface area (Å²) >= 11 is 0. The van der Waals surface area contributed by atoms with Crippen LogP contribution < -0.4 is 5.73 Å². The summed E-state index contributed by atoms with van der Waals surface area (Å²) in [5.41, 5.74) is 6.40.